The number of piperidine rings is 1. The third-order valence-corrected chi connectivity index (χ3v) is 4.74. The standard InChI is InChI=1S/C16H23NO/c1-12-11-16(17-10-4-3-5-15(12)17)13-6-8-14(18-2)9-7-13/h6-9,12,15-16H,3-5,10-11H2,1-2H3. The summed E-state index contributed by atoms with van der Waals surface area (Å²) in [6.45, 7) is 3.71. The van der Waals surface area contributed by atoms with Crippen LogP contribution in [0.1, 0.15) is 44.2 Å². The van der Waals surface area contributed by atoms with E-state index in [2.05, 4.69) is 36.1 Å². The molecule has 0 amide bonds. The van der Waals surface area contributed by atoms with Crippen molar-refractivity contribution in [1.29, 1.82) is 0 Å². The van der Waals surface area contributed by atoms with Crippen LogP contribution < -0.4 is 4.74 Å². The summed E-state index contributed by atoms with van der Waals surface area (Å²) in [7, 11) is 1.73. The molecule has 0 saturated carbocycles. The number of benzene rings is 1. The van der Waals surface area contributed by atoms with Crippen molar-refractivity contribution in [3.05, 3.63) is 29.8 Å². The first kappa shape index (κ1) is 12.0. The van der Waals surface area contributed by atoms with Gasteiger partial charge in [0.25, 0.3) is 0 Å². The zero-order chi connectivity index (χ0) is 12.5. The highest BCUT2D eigenvalue weighted by Crippen LogP contribution is 2.43. The lowest BCUT2D eigenvalue weighted by Gasteiger charge is -2.35. The topological polar surface area (TPSA) is 12.5 Å². The van der Waals surface area contributed by atoms with Gasteiger partial charge in [0.1, 0.15) is 5.75 Å². The van der Waals surface area contributed by atoms with Gasteiger partial charge in [0.05, 0.1) is 7.11 Å². The van der Waals surface area contributed by atoms with E-state index in [0.29, 0.717) is 6.04 Å². The number of ether oxygens (including phenoxy) is 1. The second-order valence-electron chi connectivity index (χ2n) is 5.80. The molecule has 3 unspecified atom stereocenters. The van der Waals surface area contributed by atoms with E-state index < -0.39 is 0 Å². The SMILES string of the molecule is COc1ccc(C2CC(C)C3CCCCN23)cc1. The van der Waals surface area contributed by atoms with Gasteiger partial charge in [-0.25, -0.2) is 0 Å². The number of hydrogen-bond acceptors (Lipinski definition) is 2. The maximum Gasteiger partial charge on any atom is 0.118 e. The first-order chi connectivity index (χ1) is 8.79. The lowest BCUT2D eigenvalue weighted by molar-refractivity contribution is 0.137. The van der Waals surface area contributed by atoms with Gasteiger partial charge < -0.3 is 4.74 Å². The van der Waals surface area contributed by atoms with E-state index in [-0.39, 0.29) is 0 Å². The normalized spacial score (nSPS) is 32.2. The molecule has 1 aromatic rings. The molecule has 0 spiro atoms. The Morgan fingerprint density at radius 1 is 1.17 bits per heavy atom. The molecule has 3 atom stereocenters. The van der Waals surface area contributed by atoms with E-state index in [1.807, 2.05) is 0 Å². The third-order valence-electron chi connectivity index (χ3n) is 4.74. The van der Waals surface area contributed by atoms with Gasteiger partial charge in [0.2, 0.25) is 0 Å². The predicted octanol–water partition coefficient (Wildman–Crippen LogP) is 3.63. The summed E-state index contributed by atoms with van der Waals surface area (Å²) in [6, 6.07) is 10.1. The molecule has 3 rings (SSSR count). The Hall–Kier alpha value is -1.02. The van der Waals surface area contributed by atoms with Crippen molar-refractivity contribution in [3.63, 3.8) is 0 Å². The Morgan fingerprint density at radius 2 is 1.94 bits per heavy atom. The van der Waals surface area contributed by atoms with Gasteiger partial charge in [-0.15, -0.1) is 0 Å². The van der Waals surface area contributed by atoms with Gasteiger partial charge >= 0.3 is 0 Å². The summed E-state index contributed by atoms with van der Waals surface area (Å²) >= 11 is 0. The molecule has 0 N–H and O–H groups in total. The van der Waals surface area contributed by atoms with Gasteiger partial charge in [-0.1, -0.05) is 25.5 Å². The van der Waals surface area contributed by atoms with Crippen molar-refractivity contribution < 1.29 is 4.74 Å². The zero-order valence-corrected chi connectivity index (χ0v) is 11.4. The van der Waals surface area contributed by atoms with Crippen molar-refractivity contribution >= 4 is 0 Å². The number of nitrogens with zero attached hydrogens (tertiary/aromatic N) is 1. The van der Waals surface area contributed by atoms with E-state index in [1.54, 1.807) is 7.11 Å². The Kier molecular flexibility index (Phi) is 3.29. The molecule has 2 fully saturated rings. The van der Waals surface area contributed by atoms with Crippen LogP contribution in [-0.2, 0) is 0 Å². The van der Waals surface area contributed by atoms with Crippen LogP contribution in [0.2, 0.25) is 0 Å². The maximum absolute atomic E-state index is 5.25. The van der Waals surface area contributed by atoms with Crippen LogP contribution in [0, 0.1) is 5.92 Å². The Balaban J connectivity index is 1.82. The highest BCUT2D eigenvalue weighted by molar-refractivity contribution is 5.30. The van der Waals surface area contributed by atoms with Gasteiger partial charge in [-0.2, -0.15) is 0 Å². The molecule has 98 valence electrons. The Labute approximate surface area is 110 Å². The first-order valence-electron chi connectivity index (χ1n) is 7.19. The Bertz CT molecular complexity index is 400. The number of rotatable bonds is 2. The van der Waals surface area contributed by atoms with E-state index in [4.69, 9.17) is 4.74 Å². The summed E-state index contributed by atoms with van der Waals surface area (Å²) in [5, 5.41) is 0. The molecule has 1 aromatic carbocycles. The largest absolute Gasteiger partial charge is 0.497 e. The summed E-state index contributed by atoms with van der Waals surface area (Å²) in [5.74, 6) is 1.80. The third kappa shape index (κ3) is 2.03. The van der Waals surface area contributed by atoms with E-state index in [0.717, 1.165) is 17.7 Å². The molecule has 2 heterocycles. The number of methoxy groups -OCH3 is 1. The lowest BCUT2D eigenvalue weighted by Crippen LogP contribution is -2.37. The quantitative estimate of drug-likeness (QED) is 0.789. The van der Waals surface area contributed by atoms with Crippen molar-refractivity contribution in [2.75, 3.05) is 13.7 Å². The van der Waals surface area contributed by atoms with Crippen molar-refractivity contribution in [3.8, 4) is 5.75 Å². The van der Waals surface area contributed by atoms with Crippen molar-refractivity contribution in [1.82, 2.24) is 4.90 Å². The number of fused-ring (bicyclic) bond motifs is 1. The fraction of sp³-hybridized carbons (Fsp3) is 0.625. The molecular formula is C16H23NO. The minimum atomic E-state index is 0.635. The van der Waals surface area contributed by atoms with Crippen LogP contribution in [0.4, 0.5) is 0 Å². The van der Waals surface area contributed by atoms with Crippen LogP contribution >= 0.6 is 0 Å². The number of hydrogen-bond donors (Lipinski definition) is 0. The molecule has 2 aliphatic rings. The van der Waals surface area contributed by atoms with Crippen LogP contribution in [0.25, 0.3) is 0 Å². The summed E-state index contributed by atoms with van der Waals surface area (Å²) in [5.41, 5.74) is 1.46. The minimum Gasteiger partial charge on any atom is -0.497 e. The van der Waals surface area contributed by atoms with Crippen molar-refractivity contribution in [2.24, 2.45) is 5.92 Å². The van der Waals surface area contributed by atoms with Crippen LogP contribution in [0.15, 0.2) is 24.3 Å². The van der Waals surface area contributed by atoms with Gasteiger partial charge in [0.15, 0.2) is 0 Å². The summed E-state index contributed by atoms with van der Waals surface area (Å²) in [6.07, 6.45) is 5.50. The van der Waals surface area contributed by atoms with Gasteiger partial charge in [-0.3, -0.25) is 4.90 Å². The second-order valence-corrected chi connectivity index (χ2v) is 5.80. The summed E-state index contributed by atoms with van der Waals surface area (Å²) < 4.78 is 5.25. The lowest BCUT2D eigenvalue weighted by atomic mass is 9.94. The molecule has 18 heavy (non-hydrogen) atoms. The van der Waals surface area contributed by atoms with Crippen LogP contribution in [0.3, 0.4) is 0 Å². The maximum atomic E-state index is 5.25. The average molecular weight is 245 g/mol. The Morgan fingerprint density at radius 3 is 2.67 bits per heavy atom. The smallest absolute Gasteiger partial charge is 0.118 e. The second kappa shape index (κ2) is 4.93. The minimum absolute atomic E-state index is 0.635. The molecule has 0 bridgehead atoms. The molecule has 0 radical (unpaired) electrons. The average Bonchev–Trinajstić information content (AvgIpc) is 2.77. The van der Waals surface area contributed by atoms with Crippen LogP contribution in [0.5, 0.6) is 5.75 Å². The molecule has 2 aliphatic heterocycles. The molecule has 0 aromatic heterocycles. The van der Waals surface area contributed by atoms with Gasteiger partial charge in [-0.05, 0) is 49.4 Å². The van der Waals surface area contributed by atoms with Gasteiger partial charge in [0, 0.05) is 12.1 Å². The van der Waals surface area contributed by atoms with Crippen LogP contribution in [-0.4, -0.2) is 24.6 Å². The molecule has 2 heteroatoms. The fourth-order valence-electron chi connectivity index (χ4n) is 3.78. The summed E-state index contributed by atoms with van der Waals surface area (Å²) in [4.78, 5) is 2.75. The first-order valence-corrected chi connectivity index (χ1v) is 7.19. The monoisotopic (exact) mass is 245 g/mol. The molecule has 2 nitrogen and oxygen atoms in total. The predicted molar refractivity (Wildman–Crippen MR) is 73.9 cm³/mol. The fourth-order valence-corrected chi connectivity index (χ4v) is 3.78. The van der Waals surface area contributed by atoms with E-state index >= 15 is 0 Å². The highest BCUT2D eigenvalue weighted by atomic mass is 16.5. The highest BCUT2D eigenvalue weighted by Gasteiger charge is 2.40. The molecular weight excluding hydrogens is 222 g/mol. The molecule has 2 saturated heterocycles. The zero-order valence-electron chi connectivity index (χ0n) is 11.4. The van der Waals surface area contributed by atoms with Crippen molar-refractivity contribution in [2.45, 2.75) is 44.7 Å². The van der Waals surface area contributed by atoms with E-state index in [9.17, 15) is 0 Å². The van der Waals surface area contributed by atoms with E-state index in [1.165, 1.54) is 37.8 Å². The molecule has 0 aliphatic carbocycles.